The third-order valence-corrected chi connectivity index (χ3v) is 2.60. The Kier molecular flexibility index (Phi) is 6.89. The largest absolute Gasteiger partial charge is 0.494 e. The molecule has 1 aromatic rings. The van der Waals surface area contributed by atoms with E-state index in [0.29, 0.717) is 17.3 Å². The average Bonchev–Trinajstić information content (AvgIpc) is 2.43. The van der Waals surface area contributed by atoms with Crippen LogP contribution in [0.2, 0.25) is 0 Å². The summed E-state index contributed by atoms with van der Waals surface area (Å²) in [5, 5.41) is 5.94. The van der Waals surface area contributed by atoms with Gasteiger partial charge >= 0.3 is 0 Å². The van der Waals surface area contributed by atoms with Crippen LogP contribution in [0, 0.1) is 0 Å². The quantitative estimate of drug-likeness (QED) is 0.786. The number of carbonyl (C=O) groups is 1. The highest BCUT2D eigenvalue weighted by molar-refractivity contribution is 7.80. The monoisotopic (exact) mass is 280 g/mol. The molecule has 0 saturated heterocycles. The normalized spacial score (nSPS) is 9.79. The summed E-state index contributed by atoms with van der Waals surface area (Å²) in [7, 11) is 0. The first-order valence-electron chi connectivity index (χ1n) is 6.49. The highest BCUT2D eigenvalue weighted by atomic mass is 32.1. The van der Waals surface area contributed by atoms with Crippen LogP contribution in [0.15, 0.2) is 24.3 Å². The number of ether oxygens (including phenoxy) is 1. The lowest BCUT2D eigenvalue weighted by Gasteiger charge is -2.09. The number of amides is 1. The predicted octanol–water partition coefficient (Wildman–Crippen LogP) is 2.49. The average molecular weight is 280 g/mol. The molecule has 1 amide bonds. The number of rotatable bonds is 6. The molecule has 0 aliphatic heterocycles. The molecule has 1 rings (SSSR count). The maximum atomic E-state index is 11.9. The molecule has 0 aliphatic carbocycles. The Bertz CT molecular complexity index is 418. The van der Waals surface area contributed by atoms with Crippen molar-refractivity contribution < 1.29 is 9.53 Å². The van der Waals surface area contributed by atoms with Gasteiger partial charge in [0.15, 0.2) is 5.11 Å². The van der Waals surface area contributed by atoms with Gasteiger partial charge in [-0.1, -0.05) is 13.8 Å². The summed E-state index contributed by atoms with van der Waals surface area (Å²) >= 11 is 5.01. The lowest BCUT2D eigenvalue weighted by molar-refractivity contribution is 0.0976. The molecule has 0 fully saturated rings. The molecule has 0 atom stereocenters. The molecule has 1 aromatic carbocycles. The van der Waals surface area contributed by atoms with Crippen LogP contribution >= 0.6 is 12.2 Å². The maximum absolute atomic E-state index is 11.9. The Morgan fingerprint density at radius 3 is 2.47 bits per heavy atom. The zero-order valence-electron chi connectivity index (χ0n) is 11.4. The van der Waals surface area contributed by atoms with E-state index < -0.39 is 0 Å². The predicted molar refractivity (Wildman–Crippen MR) is 80.6 cm³/mol. The van der Waals surface area contributed by atoms with Gasteiger partial charge in [0.25, 0.3) is 5.91 Å². The Balaban J connectivity index is 2.50. The Morgan fingerprint density at radius 1 is 1.21 bits per heavy atom. The summed E-state index contributed by atoms with van der Waals surface area (Å²) in [5.41, 5.74) is 0.560. The van der Waals surface area contributed by atoms with E-state index in [1.165, 1.54) is 0 Å². The summed E-state index contributed by atoms with van der Waals surface area (Å²) in [6.07, 6.45) is 1.92. The Morgan fingerprint density at radius 2 is 1.89 bits per heavy atom. The summed E-state index contributed by atoms with van der Waals surface area (Å²) < 4.78 is 5.45. The minimum atomic E-state index is -0.212. The highest BCUT2D eigenvalue weighted by Gasteiger charge is 2.07. The van der Waals surface area contributed by atoms with Gasteiger partial charge in [0, 0.05) is 12.1 Å². The minimum Gasteiger partial charge on any atom is -0.494 e. The molecule has 0 aliphatic rings. The topological polar surface area (TPSA) is 50.4 Å². The van der Waals surface area contributed by atoms with Gasteiger partial charge in [-0.25, -0.2) is 0 Å². The summed E-state index contributed by atoms with van der Waals surface area (Å²) in [5.74, 6) is 0.556. The van der Waals surface area contributed by atoms with Crippen molar-refractivity contribution >= 4 is 23.2 Å². The number of nitrogens with one attached hydrogen (secondary N) is 2. The fourth-order valence-corrected chi connectivity index (χ4v) is 1.58. The third-order valence-electron chi connectivity index (χ3n) is 2.35. The third kappa shape index (κ3) is 5.70. The lowest BCUT2D eigenvalue weighted by atomic mass is 10.2. The van der Waals surface area contributed by atoms with Gasteiger partial charge < -0.3 is 10.1 Å². The van der Waals surface area contributed by atoms with Crippen molar-refractivity contribution in [3.05, 3.63) is 29.8 Å². The lowest BCUT2D eigenvalue weighted by Crippen LogP contribution is -2.39. The molecule has 4 nitrogen and oxygen atoms in total. The van der Waals surface area contributed by atoms with E-state index in [1.54, 1.807) is 24.3 Å². The van der Waals surface area contributed by atoms with Crippen molar-refractivity contribution in [2.45, 2.75) is 26.7 Å². The van der Waals surface area contributed by atoms with Crippen molar-refractivity contribution in [3.8, 4) is 5.75 Å². The van der Waals surface area contributed by atoms with E-state index in [4.69, 9.17) is 17.0 Å². The second-order valence-corrected chi connectivity index (χ2v) is 4.49. The van der Waals surface area contributed by atoms with Crippen molar-refractivity contribution in [2.75, 3.05) is 13.2 Å². The zero-order valence-corrected chi connectivity index (χ0v) is 12.2. The molecule has 0 radical (unpaired) electrons. The van der Waals surface area contributed by atoms with Gasteiger partial charge in [-0.05, 0) is 49.3 Å². The van der Waals surface area contributed by atoms with E-state index in [-0.39, 0.29) is 5.91 Å². The first-order valence-corrected chi connectivity index (χ1v) is 6.90. The van der Waals surface area contributed by atoms with E-state index in [0.717, 1.165) is 25.1 Å². The van der Waals surface area contributed by atoms with Crippen LogP contribution in [0.1, 0.15) is 37.0 Å². The van der Waals surface area contributed by atoms with Crippen molar-refractivity contribution in [1.82, 2.24) is 10.6 Å². The van der Waals surface area contributed by atoms with E-state index >= 15 is 0 Å². The SMILES string of the molecule is CCCNC(=S)NC(=O)c1ccc(OCCC)cc1. The van der Waals surface area contributed by atoms with Gasteiger partial charge in [-0.3, -0.25) is 10.1 Å². The van der Waals surface area contributed by atoms with Crippen molar-refractivity contribution in [3.63, 3.8) is 0 Å². The molecule has 0 unspecified atom stereocenters. The molecular formula is C14H20N2O2S. The van der Waals surface area contributed by atoms with Gasteiger partial charge in [0.2, 0.25) is 0 Å². The molecule has 104 valence electrons. The minimum absolute atomic E-state index is 0.212. The van der Waals surface area contributed by atoms with Gasteiger partial charge in [0.05, 0.1) is 6.61 Å². The molecule has 19 heavy (non-hydrogen) atoms. The van der Waals surface area contributed by atoms with Crippen LogP contribution in [0.5, 0.6) is 5.75 Å². The van der Waals surface area contributed by atoms with Crippen LogP contribution in [0.3, 0.4) is 0 Å². The van der Waals surface area contributed by atoms with Crippen molar-refractivity contribution in [2.24, 2.45) is 0 Å². The van der Waals surface area contributed by atoms with Crippen LogP contribution < -0.4 is 15.4 Å². The van der Waals surface area contributed by atoms with Gasteiger partial charge in [-0.2, -0.15) is 0 Å². The fraction of sp³-hybridized carbons (Fsp3) is 0.429. The standard InChI is InChI=1S/C14H20N2O2S/c1-3-9-15-14(19)16-13(17)11-5-7-12(8-6-11)18-10-4-2/h5-8H,3-4,9-10H2,1-2H3,(H2,15,16,17,19). The zero-order chi connectivity index (χ0) is 14.1. The molecule has 0 heterocycles. The molecule has 5 heteroatoms. The summed E-state index contributed by atoms with van der Waals surface area (Å²) in [6, 6.07) is 7.02. The number of hydrogen-bond donors (Lipinski definition) is 2. The van der Waals surface area contributed by atoms with Crippen LogP contribution in [-0.2, 0) is 0 Å². The number of benzene rings is 1. The molecule has 0 aromatic heterocycles. The van der Waals surface area contributed by atoms with E-state index in [9.17, 15) is 4.79 Å². The molecule has 2 N–H and O–H groups in total. The summed E-state index contributed by atoms with van der Waals surface area (Å²) in [6.45, 7) is 5.51. The van der Waals surface area contributed by atoms with Crippen LogP contribution in [-0.4, -0.2) is 24.2 Å². The van der Waals surface area contributed by atoms with Crippen LogP contribution in [0.4, 0.5) is 0 Å². The maximum Gasteiger partial charge on any atom is 0.257 e. The molecule has 0 bridgehead atoms. The molecular weight excluding hydrogens is 260 g/mol. The number of thiocarbonyl (C=S) groups is 1. The fourth-order valence-electron chi connectivity index (χ4n) is 1.38. The van der Waals surface area contributed by atoms with E-state index in [1.807, 2.05) is 13.8 Å². The van der Waals surface area contributed by atoms with Crippen molar-refractivity contribution in [1.29, 1.82) is 0 Å². The van der Waals surface area contributed by atoms with Gasteiger partial charge in [0.1, 0.15) is 5.75 Å². The van der Waals surface area contributed by atoms with Gasteiger partial charge in [-0.15, -0.1) is 0 Å². The number of carbonyl (C=O) groups excluding carboxylic acids is 1. The smallest absolute Gasteiger partial charge is 0.257 e. The molecule has 0 saturated carbocycles. The second kappa shape index (κ2) is 8.48. The summed E-state index contributed by atoms with van der Waals surface area (Å²) in [4.78, 5) is 11.9. The van der Waals surface area contributed by atoms with Crippen LogP contribution in [0.25, 0.3) is 0 Å². The Hall–Kier alpha value is -1.62. The first kappa shape index (κ1) is 15.4. The first-order chi connectivity index (χ1) is 9.17. The van der Waals surface area contributed by atoms with E-state index in [2.05, 4.69) is 10.6 Å². The Labute approximate surface area is 119 Å². The second-order valence-electron chi connectivity index (χ2n) is 4.08. The highest BCUT2D eigenvalue weighted by Crippen LogP contribution is 2.12. The molecule has 0 spiro atoms. The number of hydrogen-bond acceptors (Lipinski definition) is 3.